The van der Waals surface area contributed by atoms with Gasteiger partial charge >= 0.3 is 5.97 Å². The van der Waals surface area contributed by atoms with E-state index in [0.717, 1.165) is 5.56 Å². The largest absolute Gasteiger partial charge is 0.480 e. The third kappa shape index (κ3) is 8.37. The molecular formula is C22H34N4O5. The lowest BCUT2D eigenvalue weighted by Gasteiger charge is -2.26. The number of carbonyl (C=O) groups excluding carboxylic acids is 3. The summed E-state index contributed by atoms with van der Waals surface area (Å²) in [6.07, 6.45) is 0.111. The van der Waals surface area contributed by atoms with E-state index in [1.807, 2.05) is 6.07 Å². The van der Waals surface area contributed by atoms with E-state index in [2.05, 4.69) is 16.0 Å². The molecule has 0 aliphatic rings. The lowest BCUT2D eigenvalue weighted by atomic mass is 10.00. The van der Waals surface area contributed by atoms with Crippen LogP contribution in [-0.2, 0) is 25.6 Å². The number of amides is 3. The number of rotatable bonds is 11. The molecule has 0 aliphatic heterocycles. The molecule has 6 N–H and O–H groups in total. The highest BCUT2D eigenvalue weighted by molar-refractivity contribution is 5.94. The van der Waals surface area contributed by atoms with Crippen LogP contribution < -0.4 is 21.7 Å². The van der Waals surface area contributed by atoms with Crippen LogP contribution in [0.25, 0.3) is 0 Å². The van der Waals surface area contributed by atoms with Gasteiger partial charge in [-0.05, 0) is 24.3 Å². The summed E-state index contributed by atoms with van der Waals surface area (Å²) >= 11 is 0. The summed E-state index contributed by atoms with van der Waals surface area (Å²) in [5.74, 6) is -3.15. The highest BCUT2D eigenvalue weighted by Crippen LogP contribution is 2.07. The van der Waals surface area contributed by atoms with E-state index in [1.165, 1.54) is 6.92 Å². The second kappa shape index (κ2) is 12.0. The zero-order chi connectivity index (χ0) is 23.7. The Morgan fingerprint density at radius 3 is 1.90 bits per heavy atom. The minimum Gasteiger partial charge on any atom is -0.480 e. The molecule has 172 valence electrons. The van der Waals surface area contributed by atoms with Crippen molar-refractivity contribution in [3.8, 4) is 0 Å². The molecule has 0 bridgehead atoms. The third-order valence-electron chi connectivity index (χ3n) is 4.92. The number of benzene rings is 1. The Morgan fingerprint density at radius 2 is 1.42 bits per heavy atom. The van der Waals surface area contributed by atoms with Crippen LogP contribution in [-0.4, -0.2) is 53.0 Å². The molecule has 1 aromatic carbocycles. The van der Waals surface area contributed by atoms with Gasteiger partial charge in [0.05, 0.1) is 6.04 Å². The van der Waals surface area contributed by atoms with Crippen molar-refractivity contribution in [3.63, 3.8) is 0 Å². The number of carbonyl (C=O) groups is 4. The predicted octanol–water partition coefficient (Wildman–Crippen LogP) is 0.427. The van der Waals surface area contributed by atoms with E-state index in [-0.39, 0.29) is 18.3 Å². The Labute approximate surface area is 183 Å². The smallest absolute Gasteiger partial charge is 0.326 e. The Balaban J connectivity index is 2.75. The van der Waals surface area contributed by atoms with Gasteiger partial charge in [-0.1, -0.05) is 58.0 Å². The monoisotopic (exact) mass is 434 g/mol. The first-order valence-electron chi connectivity index (χ1n) is 10.4. The quantitative estimate of drug-likeness (QED) is 0.341. The van der Waals surface area contributed by atoms with Gasteiger partial charge in [-0.25, -0.2) is 4.79 Å². The van der Waals surface area contributed by atoms with Gasteiger partial charge in [-0.15, -0.1) is 0 Å². The fraction of sp³-hybridized carbons (Fsp3) is 0.545. The summed E-state index contributed by atoms with van der Waals surface area (Å²) < 4.78 is 0. The van der Waals surface area contributed by atoms with Gasteiger partial charge in [0.2, 0.25) is 17.7 Å². The third-order valence-corrected chi connectivity index (χ3v) is 4.92. The summed E-state index contributed by atoms with van der Waals surface area (Å²) in [4.78, 5) is 49.0. The maximum absolute atomic E-state index is 12.7. The zero-order valence-corrected chi connectivity index (χ0v) is 18.7. The van der Waals surface area contributed by atoms with Crippen molar-refractivity contribution in [2.75, 3.05) is 0 Å². The number of nitrogens with one attached hydrogen (secondary N) is 3. The highest BCUT2D eigenvalue weighted by atomic mass is 16.4. The lowest BCUT2D eigenvalue weighted by molar-refractivity contribution is -0.142. The van der Waals surface area contributed by atoms with Crippen molar-refractivity contribution in [2.45, 2.75) is 65.2 Å². The molecule has 0 saturated carbocycles. The van der Waals surface area contributed by atoms with Gasteiger partial charge in [-0.2, -0.15) is 0 Å². The maximum atomic E-state index is 12.7. The number of aliphatic carboxylic acids is 1. The molecule has 3 amide bonds. The zero-order valence-electron chi connectivity index (χ0n) is 18.7. The van der Waals surface area contributed by atoms with Crippen LogP contribution in [0.3, 0.4) is 0 Å². The minimum absolute atomic E-state index is 0.0989. The van der Waals surface area contributed by atoms with Gasteiger partial charge in [0.15, 0.2) is 0 Å². The summed E-state index contributed by atoms with van der Waals surface area (Å²) in [7, 11) is 0. The molecule has 4 unspecified atom stereocenters. The Bertz CT molecular complexity index is 766. The van der Waals surface area contributed by atoms with Crippen molar-refractivity contribution < 1.29 is 24.3 Å². The molecule has 31 heavy (non-hydrogen) atoms. The molecule has 4 atom stereocenters. The fourth-order valence-corrected chi connectivity index (χ4v) is 2.80. The van der Waals surface area contributed by atoms with Gasteiger partial charge < -0.3 is 26.8 Å². The summed E-state index contributed by atoms with van der Waals surface area (Å²) in [5.41, 5.74) is 6.60. The number of carboxylic acid groups (broad SMARTS) is 1. The van der Waals surface area contributed by atoms with Crippen molar-refractivity contribution in [3.05, 3.63) is 35.9 Å². The summed E-state index contributed by atoms with van der Waals surface area (Å²) in [6.45, 7) is 8.57. The Morgan fingerprint density at radius 1 is 0.839 bits per heavy atom. The van der Waals surface area contributed by atoms with E-state index < -0.39 is 47.9 Å². The fourth-order valence-electron chi connectivity index (χ4n) is 2.80. The number of carboxylic acids is 1. The first kappa shape index (κ1) is 26.1. The molecular weight excluding hydrogens is 400 g/mol. The van der Waals surface area contributed by atoms with Crippen LogP contribution in [0.5, 0.6) is 0 Å². The van der Waals surface area contributed by atoms with Crippen molar-refractivity contribution >= 4 is 23.7 Å². The number of hydrogen-bond donors (Lipinski definition) is 5. The van der Waals surface area contributed by atoms with Crippen LogP contribution in [0.4, 0.5) is 0 Å². The van der Waals surface area contributed by atoms with Crippen molar-refractivity contribution in [2.24, 2.45) is 17.6 Å². The first-order valence-corrected chi connectivity index (χ1v) is 10.4. The van der Waals surface area contributed by atoms with E-state index in [0.29, 0.717) is 0 Å². The second-order valence-electron chi connectivity index (χ2n) is 8.32. The van der Waals surface area contributed by atoms with E-state index in [1.54, 1.807) is 52.0 Å². The maximum Gasteiger partial charge on any atom is 0.326 e. The standard InChI is InChI=1S/C22H34N4O5/c1-12(2)17(23)20(28)26-18(13(3)4)21(29)24-14(5)19(27)25-16(22(30)31)11-15-9-7-6-8-10-15/h6-10,12-14,16-18H,11,23H2,1-5H3,(H,24,29)(H,25,27)(H,26,28)(H,30,31). The highest BCUT2D eigenvalue weighted by Gasteiger charge is 2.30. The second-order valence-corrected chi connectivity index (χ2v) is 8.32. The first-order chi connectivity index (χ1) is 14.4. The average molecular weight is 435 g/mol. The summed E-state index contributed by atoms with van der Waals surface area (Å²) in [5, 5.41) is 17.1. The predicted molar refractivity (Wildman–Crippen MR) is 117 cm³/mol. The van der Waals surface area contributed by atoms with Gasteiger partial charge in [0, 0.05) is 6.42 Å². The molecule has 0 spiro atoms. The normalized spacial score (nSPS) is 15.0. The van der Waals surface area contributed by atoms with Gasteiger partial charge in [-0.3, -0.25) is 14.4 Å². The molecule has 0 aliphatic carbocycles. The molecule has 9 heteroatoms. The van der Waals surface area contributed by atoms with Gasteiger partial charge in [0.1, 0.15) is 18.1 Å². The topological polar surface area (TPSA) is 151 Å². The Kier molecular flexibility index (Phi) is 10.1. The Hall–Kier alpha value is -2.94. The van der Waals surface area contributed by atoms with Crippen LogP contribution in [0.1, 0.15) is 40.2 Å². The molecule has 0 fully saturated rings. The average Bonchev–Trinajstić information content (AvgIpc) is 2.70. The van der Waals surface area contributed by atoms with E-state index in [9.17, 15) is 24.3 Å². The lowest BCUT2D eigenvalue weighted by Crippen LogP contribution is -2.58. The minimum atomic E-state index is -1.18. The molecule has 0 radical (unpaired) electrons. The van der Waals surface area contributed by atoms with Crippen molar-refractivity contribution in [1.29, 1.82) is 0 Å². The van der Waals surface area contributed by atoms with Crippen LogP contribution >= 0.6 is 0 Å². The number of nitrogens with two attached hydrogens (primary N) is 1. The van der Waals surface area contributed by atoms with Crippen LogP contribution in [0.15, 0.2) is 30.3 Å². The molecule has 1 aromatic rings. The van der Waals surface area contributed by atoms with Gasteiger partial charge in [0.25, 0.3) is 0 Å². The number of hydrogen-bond acceptors (Lipinski definition) is 5. The molecule has 0 saturated heterocycles. The van der Waals surface area contributed by atoms with E-state index in [4.69, 9.17) is 5.73 Å². The molecule has 0 heterocycles. The van der Waals surface area contributed by atoms with Crippen LogP contribution in [0, 0.1) is 11.8 Å². The van der Waals surface area contributed by atoms with Crippen LogP contribution in [0.2, 0.25) is 0 Å². The molecule has 1 rings (SSSR count). The van der Waals surface area contributed by atoms with E-state index >= 15 is 0 Å². The summed E-state index contributed by atoms with van der Waals surface area (Å²) in [6, 6.07) is 5.13. The SMILES string of the molecule is CC(NC(=O)C(NC(=O)C(N)C(C)C)C(C)C)C(=O)NC(Cc1ccccc1)C(=O)O. The molecule has 9 nitrogen and oxygen atoms in total. The van der Waals surface area contributed by atoms with Crippen molar-refractivity contribution in [1.82, 2.24) is 16.0 Å². The molecule has 0 aromatic heterocycles.